The minimum absolute atomic E-state index is 0.488. The molecule has 0 bridgehead atoms. The lowest BCUT2D eigenvalue weighted by Crippen LogP contribution is -2.21. The molecule has 1 heterocycles. The van der Waals surface area contributed by atoms with Crippen LogP contribution in [-0.2, 0) is 13.6 Å². The lowest BCUT2D eigenvalue weighted by Gasteiger charge is -2.13. The maximum atomic E-state index is 10.2. The van der Waals surface area contributed by atoms with Gasteiger partial charge in [0.1, 0.15) is 5.75 Å². The highest BCUT2D eigenvalue weighted by molar-refractivity contribution is 5.30. The number of hydrogen-bond donors (Lipinski definition) is 2. The Kier molecular flexibility index (Phi) is 4.76. The SMILES string of the molecule is COc1cccc(C(O)CNCc2cn(C)nc2C)c1. The Labute approximate surface area is 119 Å². The van der Waals surface area contributed by atoms with E-state index in [2.05, 4.69) is 10.4 Å². The third kappa shape index (κ3) is 3.59. The van der Waals surface area contributed by atoms with Crippen molar-refractivity contribution in [3.63, 3.8) is 0 Å². The van der Waals surface area contributed by atoms with Crippen molar-refractivity contribution in [3.05, 3.63) is 47.3 Å². The fourth-order valence-corrected chi connectivity index (χ4v) is 2.13. The third-order valence-electron chi connectivity index (χ3n) is 3.25. The van der Waals surface area contributed by atoms with Crippen molar-refractivity contribution < 1.29 is 9.84 Å². The minimum Gasteiger partial charge on any atom is -0.497 e. The van der Waals surface area contributed by atoms with E-state index in [9.17, 15) is 5.11 Å². The molecular formula is C15H21N3O2. The van der Waals surface area contributed by atoms with Crippen LogP contribution in [0.1, 0.15) is 22.9 Å². The first-order valence-corrected chi connectivity index (χ1v) is 6.62. The Hall–Kier alpha value is -1.85. The topological polar surface area (TPSA) is 59.3 Å². The molecule has 2 N–H and O–H groups in total. The average Bonchev–Trinajstić information content (AvgIpc) is 2.77. The number of ether oxygens (including phenoxy) is 1. The van der Waals surface area contributed by atoms with Crippen LogP contribution in [0, 0.1) is 6.92 Å². The van der Waals surface area contributed by atoms with E-state index in [-0.39, 0.29) is 0 Å². The Morgan fingerprint density at radius 1 is 1.45 bits per heavy atom. The maximum absolute atomic E-state index is 10.2. The second-order valence-electron chi connectivity index (χ2n) is 4.84. The molecule has 0 aliphatic carbocycles. The van der Waals surface area contributed by atoms with E-state index in [4.69, 9.17) is 4.74 Å². The van der Waals surface area contributed by atoms with Crippen LogP contribution in [0.25, 0.3) is 0 Å². The van der Waals surface area contributed by atoms with Crippen molar-refractivity contribution in [1.82, 2.24) is 15.1 Å². The summed E-state index contributed by atoms with van der Waals surface area (Å²) in [6.07, 6.45) is 1.43. The number of aliphatic hydroxyl groups is 1. The molecule has 5 heteroatoms. The van der Waals surface area contributed by atoms with Gasteiger partial charge in [-0.05, 0) is 24.6 Å². The Bertz CT molecular complexity index is 566. The number of nitrogens with one attached hydrogen (secondary N) is 1. The van der Waals surface area contributed by atoms with Gasteiger partial charge in [-0.2, -0.15) is 5.10 Å². The van der Waals surface area contributed by atoms with Crippen molar-refractivity contribution in [2.75, 3.05) is 13.7 Å². The van der Waals surface area contributed by atoms with Crippen molar-refractivity contribution in [3.8, 4) is 5.75 Å². The van der Waals surface area contributed by atoms with E-state index in [1.54, 1.807) is 11.8 Å². The molecule has 0 aliphatic rings. The van der Waals surface area contributed by atoms with Crippen molar-refractivity contribution >= 4 is 0 Å². The highest BCUT2D eigenvalue weighted by Crippen LogP contribution is 2.18. The van der Waals surface area contributed by atoms with Crippen LogP contribution in [0.2, 0.25) is 0 Å². The smallest absolute Gasteiger partial charge is 0.119 e. The fraction of sp³-hybridized carbons (Fsp3) is 0.400. The van der Waals surface area contributed by atoms with Crippen molar-refractivity contribution in [2.24, 2.45) is 7.05 Å². The summed E-state index contributed by atoms with van der Waals surface area (Å²) >= 11 is 0. The minimum atomic E-state index is -0.554. The molecule has 0 amide bonds. The maximum Gasteiger partial charge on any atom is 0.119 e. The standard InChI is InChI=1S/C15H21N3O2/c1-11-13(10-18(2)17-11)8-16-9-15(19)12-5-4-6-14(7-12)20-3/h4-7,10,15-16,19H,8-9H2,1-3H3. The van der Waals surface area contributed by atoms with E-state index < -0.39 is 6.10 Å². The Morgan fingerprint density at radius 3 is 2.90 bits per heavy atom. The van der Waals surface area contributed by atoms with Gasteiger partial charge in [0.2, 0.25) is 0 Å². The number of hydrogen-bond acceptors (Lipinski definition) is 4. The first-order valence-electron chi connectivity index (χ1n) is 6.62. The van der Waals surface area contributed by atoms with Gasteiger partial charge in [0.05, 0.1) is 18.9 Å². The molecule has 1 aromatic heterocycles. The number of benzene rings is 1. The summed E-state index contributed by atoms with van der Waals surface area (Å²) in [6, 6.07) is 7.48. The summed E-state index contributed by atoms with van der Waals surface area (Å²) < 4.78 is 6.95. The summed E-state index contributed by atoms with van der Waals surface area (Å²) in [5.74, 6) is 0.754. The third-order valence-corrected chi connectivity index (χ3v) is 3.25. The van der Waals surface area contributed by atoms with E-state index in [1.807, 2.05) is 44.4 Å². The van der Waals surface area contributed by atoms with Gasteiger partial charge in [0, 0.05) is 31.9 Å². The molecule has 5 nitrogen and oxygen atoms in total. The average molecular weight is 275 g/mol. The van der Waals surface area contributed by atoms with Crippen molar-refractivity contribution in [1.29, 1.82) is 0 Å². The molecule has 1 aromatic carbocycles. The zero-order chi connectivity index (χ0) is 14.5. The van der Waals surface area contributed by atoms with Gasteiger partial charge in [-0.15, -0.1) is 0 Å². The number of aryl methyl sites for hydroxylation is 2. The van der Waals surface area contributed by atoms with Gasteiger partial charge in [0.25, 0.3) is 0 Å². The molecule has 0 saturated heterocycles. The largest absolute Gasteiger partial charge is 0.497 e. The lowest BCUT2D eigenvalue weighted by molar-refractivity contribution is 0.174. The van der Waals surface area contributed by atoms with Gasteiger partial charge in [-0.3, -0.25) is 4.68 Å². The fourth-order valence-electron chi connectivity index (χ4n) is 2.13. The molecule has 1 atom stereocenters. The van der Waals surface area contributed by atoms with Crippen LogP contribution >= 0.6 is 0 Å². The summed E-state index contributed by atoms with van der Waals surface area (Å²) in [4.78, 5) is 0. The number of rotatable bonds is 6. The van der Waals surface area contributed by atoms with E-state index >= 15 is 0 Å². The summed E-state index contributed by atoms with van der Waals surface area (Å²) in [7, 11) is 3.52. The highest BCUT2D eigenvalue weighted by atomic mass is 16.5. The van der Waals surface area contributed by atoms with Gasteiger partial charge >= 0.3 is 0 Å². The highest BCUT2D eigenvalue weighted by Gasteiger charge is 2.09. The molecule has 108 valence electrons. The zero-order valence-electron chi connectivity index (χ0n) is 12.1. The predicted octanol–water partition coefficient (Wildman–Crippen LogP) is 1.56. The molecule has 1 unspecified atom stereocenters. The van der Waals surface area contributed by atoms with Crippen LogP contribution in [0.15, 0.2) is 30.5 Å². The predicted molar refractivity (Wildman–Crippen MR) is 77.6 cm³/mol. The molecular weight excluding hydrogens is 254 g/mol. The molecule has 20 heavy (non-hydrogen) atoms. The zero-order valence-corrected chi connectivity index (χ0v) is 12.1. The van der Waals surface area contributed by atoms with Crippen LogP contribution in [0.3, 0.4) is 0 Å². The monoisotopic (exact) mass is 275 g/mol. The molecule has 0 aliphatic heterocycles. The molecule has 0 fully saturated rings. The Morgan fingerprint density at radius 2 is 2.25 bits per heavy atom. The van der Waals surface area contributed by atoms with Gasteiger partial charge < -0.3 is 15.2 Å². The van der Waals surface area contributed by atoms with Crippen molar-refractivity contribution in [2.45, 2.75) is 19.6 Å². The lowest BCUT2D eigenvalue weighted by atomic mass is 10.1. The van der Waals surface area contributed by atoms with E-state index in [1.165, 1.54) is 0 Å². The van der Waals surface area contributed by atoms with Crippen LogP contribution in [0.4, 0.5) is 0 Å². The second kappa shape index (κ2) is 6.54. The summed E-state index contributed by atoms with van der Waals surface area (Å²) in [6.45, 7) is 3.16. The molecule has 0 spiro atoms. The van der Waals surface area contributed by atoms with Crippen LogP contribution < -0.4 is 10.1 Å². The second-order valence-corrected chi connectivity index (χ2v) is 4.84. The molecule has 2 aromatic rings. The van der Waals surface area contributed by atoms with Gasteiger partial charge in [-0.1, -0.05) is 12.1 Å². The van der Waals surface area contributed by atoms with Gasteiger partial charge in [-0.25, -0.2) is 0 Å². The summed E-state index contributed by atoms with van der Waals surface area (Å²) in [5.41, 5.74) is 3.00. The van der Waals surface area contributed by atoms with E-state index in [0.717, 1.165) is 22.6 Å². The van der Waals surface area contributed by atoms with Gasteiger partial charge in [0.15, 0.2) is 0 Å². The number of aliphatic hydroxyl groups excluding tert-OH is 1. The summed E-state index contributed by atoms with van der Waals surface area (Å²) in [5, 5.41) is 17.7. The van der Waals surface area contributed by atoms with Crippen LogP contribution in [0.5, 0.6) is 5.75 Å². The first-order chi connectivity index (χ1) is 9.60. The molecule has 0 saturated carbocycles. The number of methoxy groups -OCH3 is 1. The Balaban J connectivity index is 1.88. The quantitative estimate of drug-likeness (QED) is 0.840. The van der Waals surface area contributed by atoms with E-state index in [0.29, 0.717) is 13.1 Å². The molecule has 0 radical (unpaired) electrons. The number of aromatic nitrogens is 2. The number of nitrogens with zero attached hydrogens (tertiary/aromatic N) is 2. The first kappa shape index (κ1) is 14.6. The normalized spacial score (nSPS) is 12.4. The van der Waals surface area contributed by atoms with Crippen LogP contribution in [-0.4, -0.2) is 28.5 Å². The molecule has 2 rings (SSSR count).